The van der Waals surface area contributed by atoms with E-state index < -0.39 is 9.85 Å². The molecule has 0 saturated heterocycles. The number of nitrogens with zero attached hydrogens (tertiary/aromatic N) is 2. The highest BCUT2D eigenvalue weighted by Gasteiger charge is 2.13. The number of hydrogen-bond acceptors (Lipinski definition) is 6. The van der Waals surface area contributed by atoms with Gasteiger partial charge in [0.1, 0.15) is 0 Å². The molecule has 2 rings (SSSR count). The summed E-state index contributed by atoms with van der Waals surface area (Å²) in [7, 11) is 0. The van der Waals surface area contributed by atoms with Gasteiger partial charge in [0.15, 0.2) is 0 Å². The van der Waals surface area contributed by atoms with Crippen LogP contribution in [0.3, 0.4) is 0 Å². The number of carbonyl (C=O) groups is 2. The van der Waals surface area contributed by atoms with E-state index in [4.69, 9.17) is 0 Å². The first kappa shape index (κ1) is 22.5. The van der Waals surface area contributed by atoms with Crippen molar-refractivity contribution in [2.24, 2.45) is 0 Å². The second-order valence-electron chi connectivity index (χ2n) is 6.82. The fourth-order valence-corrected chi connectivity index (χ4v) is 2.71. The van der Waals surface area contributed by atoms with E-state index in [-0.39, 0.29) is 36.0 Å². The van der Waals surface area contributed by atoms with Gasteiger partial charge < -0.3 is 10.6 Å². The summed E-state index contributed by atoms with van der Waals surface area (Å²) in [5.74, 6) is -0.595. The molecular formula is C20H22N4O6. The minimum atomic E-state index is -0.531. The highest BCUT2D eigenvalue weighted by atomic mass is 16.6. The molecule has 0 fully saturated rings. The average molecular weight is 414 g/mol. The molecule has 2 aromatic carbocycles. The van der Waals surface area contributed by atoms with Gasteiger partial charge >= 0.3 is 0 Å². The summed E-state index contributed by atoms with van der Waals surface area (Å²) in [5.41, 5.74) is 1.97. The molecule has 2 aromatic rings. The van der Waals surface area contributed by atoms with Gasteiger partial charge in [0.25, 0.3) is 11.4 Å². The molecule has 0 unspecified atom stereocenters. The molecule has 2 N–H and O–H groups in total. The number of non-ortho nitro benzene ring substituents is 2. The number of aryl methyl sites for hydroxylation is 2. The van der Waals surface area contributed by atoms with E-state index in [0.29, 0.717) is 35.3 Å². The largest absolute Gasteiger partial charge is 0.326 e. The predicted molar refractivity (Wildman–Crippen MR) is 111 cm³/mol. The third-order valence-electron chi connectivity index (χ3n) is 4.47. The van der Waals surface area contributed by atoms with Crippen LogP contribution in [0.25, 0.3) is 0 Å². The van der Waals surface area contributed by atoms with E-state index in [9.17, 15) is 29.8 Å². The lowest BCUT2D eigenvalue weighted by atomic mass is 10.1. The molecule has 30 heavy (non-hydrogen) atoms. The van der Waals surface area contributed by atoms with Crippen molar-refractivity contribution in [3.63, 3.8) is 0 Å². The lowest BCUT2D eigenvalue weighted by Gasteiger charge is -2.09. The number of benzene rings is 2. The average Bonchev–Trinajstić information content (AvgIpc) is 2.68. The molecule has 10 nitrogen and oxygen atoms in total. The Morgan fingerprint density at radius 1 is 0.767 bits per heavy atom. The molecule has 0 aliphatic rings. The van der Waals surface area contributed by atoms with Gasteiger partial charge in [-0.2, -0.15) is 0 Å². The number of carbonyl (C=O) groups excluding carboxylic acids is 2. The highest BCUT2D eigenvalue weighted by Crippen LogP contribution is 2.23. The van der Waals surface area contributed by atoms with Crippen molar-refractivity contribution >= 4 is 34.6 Å². The number of hydrogen-bond donors (Lipinski definition) is 2. The maximum absolute atomic E-state index is 12.1. The smallest absolute Gasteiger partial charge is 0.271 e. The summed E-state index contributed by atoms with van der Waals surface area (Å²) < 4.78 is 0. The van der Waals surface area contributed by atoms with Crippen LogP contribution in [0.1, 0.15) is 36.8 Å². The van der Waals surface area contributed by atoms with E-state index in [1.54, 1.807) is 26.0 Å². The summed E-state index contributed by atoms with van der Waals surface area (Å²) in [6, 6.07) is 8.48. The van der Waals surface area contributed by atoms with Crippen LogP contribution in [0.15, 0.2) is 36.4 Å². The van der Waals surface area contributed by atoms with E-state index in [0.717, 1.165) is 0 Å². The van der Waals surface area contributed by atoms with E-state index >= 15 is 0 Å². The Morgan fingerprint density at radius 2 is 1.13 bits per heavy atom. The number of nitro groups is 2. The van der Waals surface area contributed by atoms with Gasteiger partial charge in [-0.1, -0.05) is 12.1 Å². The minimum Gasteiger partial charge on any atom is -0.326 e. The first-order chi connectivity index (χ1) is 14.2. The van der Waals surface area contributed by atoms with Gasteiger partial charge in [-0.15, -0.1) is 0 Å². The van der Waals surface area contributed by atoms with Crippen molar-refractivity contribution in [3.05, 3.63) is 67.8 Å². The summed E-state index contributed by atoms with van der Waals surface area (Å²) in [5, 5.41) is 27.0. The van der Waals surface area contributed by atoms with Crippen molar-refractivity contribution < 1.29 is 19.4 Å². The molecule has 10 heteroatoms. The lowest BCUT2D eigenvalue weighted by molar-refractivity contribution is -0.385. The number of amides is 2. The predicted octanol–water partition coefficient (Wildman–Crippen LogP) is 4.26. The Balaban J connectivity index is 1.80. The zero-order valence-corrected chi connectivity index (χ0v) is 16.6. The molecule has 0 aliphatic carbocycles. The molecule has 0 heterocycles. The van der Waals surface area contributed by atoms with Crippen LogP contribution in [0.2, 0.25) is 0 Å². The van der Waals surface area contributed by atoms with Crippen LogP contribution in [0.5, 0.6) is 0 Å². The van der Waals surface area contributed by atoms with Crippen molar-refractivity contribution in [1.82, 2.24) is 0 Å². The number of nitro benzene ring substituents is 2. The van der Waals surface area contributed by atoms with Gasteiger partial charge in [0.05, 0.1) is 21.2 Å². The zero-order chi connectivity index (χ0) is 22.3. The van der Waals surface area contributed by atoms with Crippen LogP contribution < -0.4 is 10.6 Å². The van der Waals surface area contributed by atoms with Crippen LogP contribution in [-0.2, 0) is 9.59 Å². The number of anilines is 2. The molecule has 0 atom stereocenters. The van der Waals surface area contributed by atoms with Crippen LogP contribution in [0.4, 0.5) is 22.7 Å². The fraction of sp³-hybridized carbons (Fsp3) is 0.300. The van der Waals surface area contributed by atoms with E-state index in [1.807, 2.05) is 0 Å². The molecule has 0 bridgehead atoms. The Morgan fingerprint density at radius 3 is 1.47 bits per heavy atom. The minimum absolute atomic E-state index is 0.107. The normalized spacial score (nSPS) is 10.3. The van der Waals surface area contributed by atoms with Gasteiger partial charge in [0, 0.05) is 37.1 Å². The molecule has 2 amide bonds. The van der Waals surface area contributed by atoms with E-state index in [1.165, 1.54) is 24.3 Å². The molecule has 0 saturated carbocycles. The molecular weight excluding hydrogens is 392 g/mol. The second-order valence-corrected chi connectivity index (χ2v) is 6.82. The quantitative estimate of drug-likeness (QED) is 0.356. The third kappa shape index (κ3) is 6.36. The topological polar surface area (TPSA) is 144 Å². The van der Waals surface area contributed by atoms with Crippen molar-refractivity contribution in [2.75, 3.05) is 10.6 Å². The Labute approximate surface area is 172 Å². The lowest BCUT2D eigenvalue weighted by Crippen LogP contribution is -2.14. The number of nitrogens with one attached hydrogen (secondary N) is 2. The van der Waals surface area contributed by atoms with Gasteiger partial charge in [0.2, 0.25) is 11.8 Å². The molecule has 0 aromatic heterocycles. The van der Waals surface area contributed by atoms with Gasteiger partial charge in [-0.3, -0.25) is 29.8 Å². The fourth-order valence-electron chi connectivity index (χ4n) is 2.71. The number of rotatable bonds is 9. The molecule has 0 aliphatic heterocycles. The molecule has 0 spiro atoms. The van der Waals surface area contributed by atoms with Crippen molar-refractivity contribution in [2.45, 2.75) is 39.5 Å². The number of unbranched alkanes of at least 4 members (excludes halogenated alkanes) is 1. The molecule has 158 valence electrons. The van der Waals surface area contributed by atoms with E-state index in [2.05, 4.69) is 10.6 Å². The van der Waals surface area contributed by atoms with Crippen molar-refractivity contribution in [1.29, 1.82) is 0 Å². The highest BCUT2D eigenvalue weighted by molar-refractivity contribution is 5.93. The summed E-state index contributed by atoms with van der Waals surface area (Å²) in [4.78, 5) is 44.8. The third-order valence-corrected chi connectivity index (χ3v) is 4.47. The maximum atomic E-state index is 12.1. The Bertz CT molecular complexity index is 910. The maximum Gasteiger partial charge on any atom is 0.271 e. The van der Waals surface area contributed by atoms with Gasteiger partial charge in [-0.25, -0.2) is 0 Å². The SMILES string of the molecule is Cc1ccc([N+](=O)[O-])cc1NC(=O)CCCCC(=O)Nc1cc([N+](=O)[O-])ccc1C. The molecule has 0 radical (unpaired) electrons. The summed E-state index contributed by atoms with van der Waals surface area (Å²) in [6.45, 7) is 3.47. The van der Waals surface area contributed by atoms with Crippen LogP contribution >= 0.6 is 0 Å². The van der Waals surface area contributed by atoms with Crippen molar-refractivity contribution in [3.8, 4) is 0 Å². The van der Waals surface area contributed by atoms with Crippen LogP contribution in [-0.4, -0.2) is 21.7 Å². The summed E-state index contributed by atoms with van der Waals surface area (Å²) >= 11 is 0. The monoisotopic (exact) mass is 414 g/mol. The standard InChI is InChI=1S/C20H22N4O6/c1-13-7-9-15(23(27)28)11-17(13)21-19(25)5-3-4-6-20(26)22-18-12-16(24(29)30)10-8-14(18)2/h7-12H,3-6H2,1-2H3,(H,21,25)(H,22,26). The first-order valence-corrected chi connectivity index (χ1v) is 9.27. The van der Waals surface area contributed by atoms with Crippen LogP contribution in [0, 0.1) is 34.1 Å². The van der Waals surface area contributed by atoms with Gasteiger partial charge in [-0.05, 0) is 37.8 Å². The summed E-state index contributed by atoms with van der Waals surface area (Å²) in [6.07, 6.45) is 1.21. The zero-order valence-electron chi connectivity index (χ0n) is 16.6. The Hall–Kier alpha value is -3.82. The Kier molecular flexibility index (Phi) is 7.56. The first-order valence-electron chi connectivity index (χ1n) is 9.27. The second kappa shape index (κ2) is 10.1.